The van der Waals surface area contributed by atoms with Crippen molar-refractivity contribution in [3.8, 4) is 0 Å². The molecule has 0 saturated heterocycles. The van der Waals surface area contributed by atoms with E-state index in [-0.39, 0.29) is 12.4 Å². The average Bonchev–Trinajstić information content (AvgIpc) is 1.91. The standard InChI is InChI=1S/C3HNO3.ClH/c5-2-3(6)7-1-4-2;/h1H;1H. The molecule has 0 aromatic heterocycles. The fraction of sp³-hybridized carbons (Fsp3) is 0. The van der Waals surface area contributed by atoms with Crippen molar-refractivity contribution in [2.75, 3.05) is 0 Å². The Morgan fingerprint density at radius 1 is 1.50 bits per heavy atom. The molecule has 1 rings (SSSR count). The molecule has 0 N–H and O–H groups in total. The fourth-order valence-electron chi connectivity index (χ4n) is 0.225. The van der Waals surface area contributed by atoms with Gasteiger partial charge in [-0.25, -0.2) is 4.79 Å². The van der Waals surface area contributed by atoms with Gasteiger partial charge in [-0.2, -0.15) is 4.99 Å². The normalized spacial score (nSPS) is 15.5. The number of hydrogen-bond acceptors (Lipinski definition) is 3. The van der Waals surface area contributed by atoms with Crippen LogP contribution in [0.15, 0.2) is 4.99 Å². The predicted octanol–water partition coefficient (Wildman–Crippen LogP) is -0.480. The number of carbonyl (C=O) groups excluding carboxylic acids is 2. The SMILES string of the molecule is Cl.O=C1N=COC1=O. The molecule has 4 nitrogen and oxygen atoms in total. The maximum Gasteiger partial charge on any atom is 0.405 e. The van der Waals surface area contributed by atoms with Crippen LogP contribution in [0.3, 0.4) is 0 Å². The summed E-state index contributed by atoms with van der Waals surface area (Å²) in [6.07, 6.45) is 0.824. The Balaban J connectivity index is 0.000000490. The van der Waals surface area contributed by atoms with Crippen molar-refractivity contribution >= 4 is 30.7 Å². The second-order valence-electron chi connectivity index (χ2n) is 0.945. The topological polar surface area (TPSA) is 55.7 Å². The summed E-state index contributed by atoms with van der Waals surface area (Å²) < 4.78 is 3.98. The average molecular weight is 136 g/mol. The van der Waals surface area contributed by atoms with E-state index in [1.54, 1.807) is 0 Å². The van der Waals surface area contributed by atoms with Crippen LogP contribution in [0.25, 0.3) is 0 Å². The lowest BCUT2D eigenvalue weighted by atomic mass is 10.7. The maximum absolute atomic E-state index is 9.90. The Morgan fingerprint density at radius 2 is 2.12 bits per heavy atom. The van der Waals surface area contributed by atoms with Gasteiger partial charge in [0.15, 0.2) is 6.40 Å². The minimum Gasteiger partial charge on any atom is -0.407 e. The molecule has 1 aliphatic heterocycles. The molecule has 1 amide bonds. The van der Waals surface area contributed by atoms with Gasteiger partial charge >= 0.3 is 11.9 Å². The molecule has 0 spiro atoms. The van der Waals surface area contributed by atoms with Crippen molar-refractivity contribution in [1.82, 2.24) is 0 Å². The quantitative estimate of drug-likeness (QED) is 0.333. The lowest BCUT2D eigenvalue weighted by molar-refractivity contribution is -0.144. The van der Waals surface area contributed by atoms with Crippen LogP contribution in [0.2, 0.25) is 0 Å². The Kier molecular flexibility index (Phi) is 2.15. The van der Waals surface area contributed by atoms with E-state index >= 15 is 0 Å². The highest BCUT2D eigenvalue weighted by Crippen LogP contribution is 1.86. The first kappa shape index (κ1) is 7.10. The Hall–Kier alpha value is -0.900. The van der Waals surface area contributed by atoms with Gasteiger partial charge in [-0.3, -0.25) is 4.79 Å². The third-order valence-corrected chi connectivity index (χ3v) is 0.504. The van der Waals surface area contributed by atoms with Gasteiger partial charge in [0.2, 0.25) is 0 Å². The minimum atomic E-state index is -0.903. The summed E-state index contributed by atoms with van der Waals surface area (Å²) in [7, 11) is 0. The van der Waals surface area contributed by atoms with Gasteiger partial charge in [0, 0.05) is 0 Å². The number of amides is 1. The Labute approximate surface area is 50.9 Å². The zero-order chi connectivity index (χ0) is 5.28. The summed E-state index contributed by atoms with van der Waals surface area (Å²) in [5.74, 6) is -1.74. The molecule has 5 heteroatoms. The van der Waals surface area contributed by atoms with Crippen molar-refractivity contribution in [2.24, 2.45) is 4.99 Å². The smallest absolute Gasteiger partial charge is 0.405 e. The summed E-state index contributed by atoms with van der Waals surface area (Å²) in [4.78, 5) is 22.8. The largest absolute Gasteiger partial charge is 0.407 e. The highest BCUT2D eigenvalue weighted by Gasteiger charge is 2.17. The van der Waals surface area contributed by atoms with Crippen molar-refractivity contribution in [3.63, 3.8) is 0 Å². The Morgan fingerprint density at radius 3 is 2.25 bits per heavy atom. The first-order chi connectivity index (χ1) is 3.30. The monoisotopic (exact) mass is 135 g/mol. The van der Waals surface area contributed by atoms with Crippen molar-refractivity contribution < 1.29 is 14.3 Å². The van der Waals surface area contributed by atoms with Crippen LogP contribution in [0, 0.1) is 0 Å². The van der Waals surface area contributed by atoms with E-state index in [1.165, 1.54) is 0 Å². The number of halogens is 1. The molecule has 44 valence electrons. The Bertz CT molecular complexity index is 153. The van der Waals surface area contributed by atoms with Crippen LogP contribution in [0.5, 0.6) is 0 Å². The molecule has 0 atom stereocenters. The lowest BCUT2D eigenvalue weighted by Gasteiger charge is -1.74. The zero-order valence-electron chi connectivity index (χ0n) is 3.66. The predicted molar refractivity (Wildman–Crippen MR) is 26.8 cm³/mol. The molecule has 0 fully saturated rings. The number of carbonyl (C=O) groups is 2. The number of cyclic esters (lactones) is 1. The van der Waals surface area contributed by atoms with Crippen molar-refractivity contribution in [1.29, 1.82) is 0 Å². The summed E-state index contributed by atoms with van der Waals surface area (Å²) in [6, 6.07) is 0. The van der Waals surface area contributed by atoms with Crippen molar-refractivity contribution in [3.05, 3.63) is 0 Å². The van der Waals surface area contributed by atoms with Gasteiger partial charge in [0.05, 0.1) is 0 Å². The van der Waals surface area contributed by atoms with Crippen LogP contribution in [-0.2, 0) is 14.3 Å². The number of ether oxygens (including phenoxy) is 1. The second kappa shape index (κ2) is 2.42. The highest BCUT2D eigenvalue weighted by atomic mass is 35.5. The molecule has 0 aromatic rings. The van der Waals surface area contributed by atoms with E-state index < -0.39 is 11.9 Å². The van der Waals surface area contributed by atoms with E-state index in [0.717, 1.165) is 6.40 Å². The van der Waals surface area contributed by atoms with Gasteiger partial charge in [-0.05, 0) is 0 Å². The first-order valence-electron chi connectivity index (χ1n) is 1.58. The summed E-state index contributed by atoms with van der Waals surface area (Å²) in [5, 5.41) is 0. The maximum atomic E-state index is 9.90. The van der Waals surface area contributed by atoms with Gasteiger partial charge in [-0.15, -0.1) is 12.4 Å². The molecule has 0 bridgehead atoms. The molecule has 8 heavy (non-hydrogen) atoms. The number of hydrogen-bond donors (Lipinski definition) is 0. The molecule has 0 aromatic carbocycles. The minimum absolute atomic E-state index is 0. The van der Waals surface area contributed by atoms with Crippen molar-refractivity contribution in [2.45, 2.75) is 0 Å². The second-order valence-corrected chi connectivity index (χ2v) is 0.945. The van der Waals surface area contributed by atoms with Gasteiger partial charge in [-0.1, -0.05) is 0 Å². The third kappa shape index (κ3) is 1.04. The van der Waals surface area contributed by atoms with Crippen LogP contribution in [-0.4, -0.2) is 18.3 Å². The molecule has 0 radical (unpaired) electrons. The van der Waals surface area contributed by atoms with Gasteiger partial charge in [0.25, 0.3) is 0 Å². The molecular weight excluding hydrogens is 133 g/mol. The first-order valence-corrected chi connectivity index (χ1v) is 1.58. The van der Waals surface area contributed by atoms with E-state index in [4.69, 9.17) is 0 Å². The highest BCUT2D eigenvalue weighted by molar-refractivity contribution is 6.37. The third-order valence-electron chi connectivity index (χ3n) is 0.504. The fourth-order valence-corrected chi connectivity index (χ4v) is 0.225. The summed E-state index contributed by atoms with van der Waals surface area (Å²) in [6.45, 7) is 0. The summed E-state index contributed by atoms with van der Waals surface area (Å²) in [5.41, 5.74) is 0. The van der Waals surface area contributed by atoms with Gasteiger partial charge < -0.3 is 4.74 Å². The van der Waals surface area contributed by atoms with Crippen LogP contribution >= 0.6 is 12.4 Å². The molecule has 1 heterocycles. The number of esters is 1. The van der Waals surface area contributed by atoms with E-state index in [9.17, 15) is 9.59 Å². The molecule has 0 saturated carbocycles. The van der Waals surface area contributed by atoms with E-state index in [1.807, 2.05) is 0 Å². The van der Waals surface area contributed by atoms with E-state index in [2.05, 4.69) is 9.73 Å². The molecule has 0 unspecified atom stereocenters. The molecule has 0 aliphatic carbocycles. The van der Waals surface area contributed by atoms with E-state index in [0.29, 0.717) is 0 Å². The zero-order valence-corrected chi connectivity index (χ0v) is 4.47. The molecule has 1 aliphatic rings. The number of nitrogens with zero attached hydrogens (tertiary/aromatic N) is 1. The van der Waals surface area contributed by atoms with Crippen LogP contribution < -0.4 is 0 Å². The number of rotatable bonds is 0. The number of aliphatic imine (C=N–C) groups is 1. The molecular formula is C3H2ClNO3. The van der Waals surface area contributed by atoms with Crippen LogP contribution in [0.4, 0.5) is 0 Å². The summed E-state index contributed by atoms with van der Waals surface area (Å²) >= 11 is 0. The van der Waals surface area contributed by atoms with Crippen LogP contribution in [0.1, 0.15) is 0 Å². The van der Waals surface area contributed by atoms with Gasteiger partial charge in [0.1, 0.15) is 0 Å². The lowest BCUT2D eigenvalue weighted by Crippen LogP contribution is -2.04.